The summed E-state index contributed by atoms with van der Waals surface area (Å²) < 4.78 is 5.24. The first-order valence-electron chi connectivity index (χ1n) is 5.46. The molecule has 2 unspecified atom stereocenters. The lowest BCUT2D eigenvalue weighted by Crippen LogP contribution is -2.22. The van der Waals surface area contributed by atoms with Crippen LogP contribution in [0.5, 0.6) is 0 Å². The topological polar surface area (TPSA) is 26.3 Å². The smallest absolute Gasteiger partial charge is 0.324 e. The molecule has 0 spiro atoms. The maximum absolute atomic E-state index is 11.2. The largest absolute Gasteiger partial charge is 0.461 e. The second-order valence-corrected chi connectivity index (χ2v) is 4.23. The standard InChI is InChI=1S/C11H21ClO2/c1-4-6-7-8-10(5-2)14-11(13)9(3)12/h9-10H,4-8H2,1-3H3. The summed E-state index contributed by atoms with van der Waals surface area (Å²) in [6.07, 6.45) is 5.40. The molecule has 84 valence electrons. The monoisotopic (exact) mass is 220 g/mol. The Bertz CT molecular complexity index is 157. The third-order valence-corrected chi connectivity index (χ3v) is 2.37. The molecular weight excluding hydrogens is 200 g/mol. The molecule has 0 bridgehead atoms. The highest BCUT2D eigenvalue weighted by molar-refractivity contribution is 6.29. The van der Waals surface area contributed by atoms with Crippen molar-refractivity contribution in [3.8, 4) is 0 Å². The van der Waals surface area contributed by atoms with Crippen LogP contribution in [0, 0.1) is 0 Å². The molecule has 3 heteroatoms. The normalized spacial score (nSPS) is 14.9. The van der Waals surface area contributed by atoms with Gasteiger partial charge in [0.2, 0.25) is 0 Å². The Morgan fingerprint density at radius 3 is 2.43 bits per heavy atom. The van der Waals surface area contributed by atoms with E-state index in [2.05, 4.69) is 6.92 Å². The minimum absolute atomic E-state index is 0.0512. The van der Waals surface area contributed by atoms with Crippen LogP contribution in [0.25, 0.3) is 0 Å². The van der Waals surface area contributed by atoms with Gasteiger partial charge in [0.15, 0.2) is 0 Å². The quantitative estimate of drug-likeness (QED) is 0.373. The number of carbonyl (C=O) groups is 1. The first-order chi connectivity index (χ1) is 6.61. The average Bonchev–Trinajstić information content (AvgIpc) is 2.16. The highest BCUT2D eigenvalue weighted by Crippen LogP contribution is 2.12. The Hall–Kier alpha value is -0.240. The van der Waals surface area contributed by atoms with E-state index in [1.807, 2.05) is 6.92 Å². The number of hydrogen-bond donors (Lipinski definition) is 0. The van der Waals surface area contributed by atoms with Gasteiger partial charge in [-0.05, 0) is 26.2 Å². The Kier molecular flexibility index (Phi) is 7.96. The lowest BCUT2D eigenvalue weighted by Gasteiger charge is -2.16. The summed E-state index contributed by atoms with van der Waals surface area (Å²) in [7, 11) is 0. The molecule has 0 aromatic heterocycles. The van der Waals surface area contributed by atoms with Crippen molar-refractivity contribution in [3.05, 3.63) is 0 Å². The lowest BCUT2D eigenvalue weighted by atomic mass is 10.1. The molecule has 2 atom stereocenters. The molecule has 14 heavy (non-hydrogen) atoms. The fraction of sp³-hybridized carbons (Fsp3) is 0.909. The van der Waals surface area contributed by atoms with Gasteiger partial charge in [0.05, 0.1) is 0 Å². The van der Waals surface area contributed by atoms with Crippen molar-refractivity contribution < 1.29 is 9.53 Å². The van der Waals surface area contributed by atoms with Gasteiger partial charge in [0, 0.05) is 0 Å². The Morgan fingerprint density at radius 1 is 1.36 bits per heavy atom. The molecule has 0 aliphatic heterocycles. The Labute approximate surface area is 92.0 Å². The molecule has 0 aromatic rings. The van der Waals surface area contributed by atoms with Crippen LogP contribution in [0.4, 0.5) is 0 Å². The van der Waals surface area contributed by atoms with Crippen molar-refractivity contribution >= 4 is 17.6 Å². The summed E-state index contributed by atoms with van der Waals surface area (Å²) in [5, 5.41) is -0.532. The van der Waals surface area contributed by atoms with Crippen LogP contribution in [0.15, 0.2) is 0 Å². The molecule has 0 aromatic carbocycles. The highest BCUT2D eigenvalue weighted by atomic mass is 35.5. The predicted octanol–water partition coefficient (Wildman–Crippen LogP) is 3.52. The highest BCUT2D eigenvalue weighted by Gasteiger charge is 2.16. The van der Waals surface area contributed by atoms with Crippen LogP contribution < -0.4 is 0 Å². The summed E-state index contributed by atoms with van der Waals surface area (Å²) in [5.41, 5.74) is 0. The minimum atomic E-state index is -0.532. The lowest BCUT2D eigenvalue weighted by molar-refractivity contribution is -0.148. The second kappa shape index (κ2) is 8.10. The molecule has 0 aliphatic carbocycles. The molecule has 2 nitrogen and oxygen atoms in total. The molecule has 0 radical (unpaired) electrons. The van der Waals surface area contributed by atoms with Gasteiger partial charge in [-0.1, -0.05) is 26.7 Å². The zero-order valence-corrected chi connectivity index (χ0v) is 10.1. The van der Waals surface area contributed by atoms with Gasteiger partial charge < -0.3 is 4.74 Å². The number of halogens is 1. The number of ether oxygens (including phenoxy) is 1. The van der Waals surface area contributed by atoms with E-state index in [0.29, 0.717) is 0 Å². The fourth-order valence-corrected chi connectivity index (χ4v) is 1.28. The van der Waals surface area contributed by atoms with Crippen molar-refractivity contribution in [2.45, 2.75) is 64.4 Å². The first-order valence-corrected chi connectivity index (χ1v) is 5.90. The van der Waals surface area contributed by atoms with Gasteiger partial charge >= 0.3 is 5.97 Å². The summed E-state index contributed by atoms with van der Waals surface area (Å²) in [6, 6.07) is 0. The minimum Gasteiger partial charge on any atom is -0.461 e. The maximum Gasteiger partial charge on any atom is 0.324 e. The summed E-state index contributed by atoms with van der Waals surface area (Å²) >= 11 is 5.62. The van der Waals surface area contributed by atoms with E-state index in [9.17, 15) is 4.79 Å². The third-order valence-electron chi connectivity index (χ3n) is 2.19. The van der Waals surface area contributed by atoms with Crippen LogP contribution in [-0.4, -0.2) is 17.5 Å². The number of alkyl halides is 1. The van der Waals surface area contributed by atoms with E-state index in [4.69, 9.17) is 16.3 Å². The van der Waals surface area contributed by atoms with Gasteiger partial charge in [0.1, 0.15) is 11.5 Å². The van der Waals surface area contributed by atoms with E-state index >= 15 is 0 Å². The second-order valence-electron chi connectivity index (χ2n) is 3.58. The number of esters is 1. The van der Waals surface area contributed by atoms with Crippen LogP contribution in [0.2, 0.25) is 0 Å². The van der Waals surface area contributed by atoms with Gasteiger partial charge in [-0.3, -0.25) is 4.79 Å². The molecule has 0 saturated heterocycles. The maximum atomic E-state index is 11.2. The van der Waals surface area contributed by atoms with Crippen molar-refractivity contribution in [1.29, 1.82) is 0 Å². The molecule has 0 heterocycles. The zero-order valence-electron chi connectivity index (χ0n) is 9.38. The van der Waals surface area contributed by atoms with Crippen molar-refractivity contribution in [2.75, 3.05) is 0 Å². The van der Waals surface area contributed by atoms with E-state index in [0.717, 1.165) is 19.3 Å². The van der Waals surface area contributed by atoms with E-state index in [1.54, 1.807) is 6.92 Å². The molecule has 0 amide bonds. The number of unbranched alkanes of at least 4 members (excludes halogenated alkanes) is 2. The van der Waals surface area contributed by atoms with Gasteiger partial charge in [-0.2, -0.15) is 0 Å². The number of hydrogen-bond acceptors (Lipinski definition) is 2. The number of rotatable bonds is 7. The van der Waals surface area contributed by atoms with E-state index in [-0.39, 0.29) is 12.1 Å². The predicted molar refractivity (Wildman–Crippen MR) is 59.6 cm³/mol. The average molecular weight is 221 g/mol. The Balaban J connectivity index is 3.73. The van der Waals surface area contributed by atoms with E-state index in [1.165, 1.54) is 12.8 Å². The summed E-state index contributed by atoms with van der Waals surface area (Å²) in [4.78, 5) is 11.2. The van der Waals surface area contributed by atoms with Crippen LogP contribution in [0.3, 0.4) is 0 Å². The number of carbonyl (C=O) groups excluding carboxylic acids is 1. The molecule has 0 rings (SSSR count). The summed E-state index contributed by atoms with van der Waals surface area (Å²) in [6.45, 7) is 5.83. The van der Waals surface area contributed by atoms with Crippen molar-refractivity contribution in [1.82, 2.24) is 0 Å². The molecule has 0 saturated carbocycles. The van der Waals surface area contributed by atoms with Gasteiger partial charge in [-0.15, -0.1) is 11.6 Å². The summed E-state index contributed by atoms with van der Waals surface area (Å²) in [5.74, 6) is -0.296. The fourth-order valence-electron chi connectivity index (χ4n) is 1.23. The van der Waals surface area contributed by atoms with Gasteiger partial charge in [0.25, 0.3) is 0 Å². The zero-order chi connectivity index (χ0) is 11.0. The van der Waals surface area contributed by atoms with Crippen molar-refractivity contribution in [3.63, 3.8) is 0 Å². The SMILES string of the molecule is CCCCCC(CC)OC(=O)C(C)Cl. The van der Waals surface area contributed by atoms with Crippen LogP contribution in [0.1, 0.15) is 52.9 Å². The molecule has 0 fully saturated rings. The van der Waals surface area contributed by atoms with Gasteiger partial charge in [-0.25, -0.2) is 0 Å². The third kappa shape index (κ3) is 6.25. The van der Waals surface area contributed by atoms with E-state index < -0.39 is 5.38 Å². The molecule has 0 aliphatic rings. The van der Waals surface area contributed by atoms with Crippen molar-refractivity contribution in [2.24, 2.45) is 0 Å². The molecule has 0 N–H and O–H groups in total. The molecular formula is C11H21ClO2. The Morgan fingerprint density at radius 2 is 2.00 bits per heavy atom. The van der Waals surface area contributed by atoms with Crippen LogP contribution >= 0.6 is 11.6 Å². The van der Waals surface area contributed by atoms with Crippen LogP contribution in [-0.2, 0) is 9.53 Å². The first kappa shape index (κ1) is 13.8.